The van der Waals surface area contributed by atoms with E-state index >= 15 is 0 Å². The Bertz CT molecular complexity index is 739. The molecule has 1 saturated carbocycles. The molecule has 144 valence electrons. The van der Waals surface area contributed by atoms with Gasteiger partial charge in [-0.15, -0.1) is 11.8 Å². The van der Waals surface area contributed by atoms with Gasteiger partial charge in [0.15, 0.2) is 0 Å². The first-order valence-electron chi connectivity index (χ1n) is 9.59. The number of hydrogen-bond donors (Lipinski definition) is 0. The number of carbonyl (C=O) groups excluding carboxylic acids is 3. The highest BCUT2D eigenvalue weighted by Gasteiger charge is 2.39. The van der Waals surface area contributed by atoms with Crippen LogP contribution in [-0.4, -0.2) is 66.5 Å². The highest BCUT2D eigenvalue weighted by Crippen LogP contribution is 2.32. The van der Waals surface area contributed by atoms with Crippen molar-refractivity contribution < 1.29 is 14.4 Å². The van der Waals surface area contributed by atoms with Gasteiger partial charge in [-0.3, -0.25) is 14.4 Å². The van der Waals surface area contributed by atoms with E-state index in [2.05, 4.69) is 0 Å². The first-order chi connectivity index (χ1) is 13.1. The topological polar surface area (TPSA) is 60.9 Å². The lowest BCUT2D eigenvalue weighted by molar-refractivity contribution is -0.142. The van der Waals surface area contributed by atoms with Crippen LogP contribution in [0, 0.1) is 11.8 Å². The first-order valence-corrected chi connectivity index (χ1v) is 10.8. The lowest BCUT2D eigenvalue weighted by Gasteiger charge is -2.36. The molecule has 2 saturated heterocycles. The van der Waals surface area contributed by atoms with Gasteiger partial charge >= 0.3 is 0 Å². The summed E-state index contributed by atoms with van der Waals surface area (Å²) < 4.78 is 0. The van der Waals surface area contributed by atoms with Crippen LogP contribution in [0.3, 0.4) is 0 Å². The van der Waals surface area contributed by atoms with Gasteiger partial charge in [-0.25, -0.2) is 0 Å². The maximum atomic E-state index is 12.9. The molecule has 0 N–H and O–H groups in total. The second kappa shape index (κ2) is 7.54. The molecule has 3 fully saturated rings. The van der Waals surface area contributed by atoms with Crippen molar-refractivity contribution in [3.05, 3.63) is 24.3 Å². The molecule has 0 radical (unpaired) electrons. The number of thioether (sulfide) groups is 1. The Kier molecular flexibility index (Phi) is 5.12. The standard InChI is InChI=1S/C20H25N3O3S/c1-27-17-6-4-16(5-7-17)23-13-15(12-18(23)24)20(26)22-10-8-21(9-11-22)19(25)14-2-3-14/h4-7,14-15H,2-3,8-13H2,1H3/t15-/m1/s1. The summed E-state index contributed by atoms with van der Waals surface area (Å²) in [6.45, 7) is 2.81. The quantitative estimate of drug-likeness (QED) is 0.740. The number of amides is 3. The van der Waals surface area contributed by atoms with Crippen LogP contribution >= 0.6 is 11.8 Å². The van der Waals surface area contributed by atoms with Gasteiger partial charge in [-0.1, -0.05) is 0 Å². The van der Waals surface area contributed by atoms with E-state index in [9.17, 15) is 14.4 Å². The number of piperazine rings is 1. The second-order valence-corrected chi connectivity index (χ2v) is 8.41. The molecule has 1 aromatic carbocycles. The number of rotatable bonds is 4. The Morgan fingerprint density at radius 2 is 1.48 bits per heavy atom. The Hall–Kier alpha value is -2.02. The molecular weight excluding hydrogens is 362 g/mol. The third-order valence-electron chi connectivity index (χ3n) is 5.69. The summed E-state index contributed by atoms with van der Waals surface area (Å²) >= 11 is 1.66. The molecule has 1 atom stereocenters. The predicted molar refractivity (Wildman–Crippen MR) is 105 cm³/mol. The van der Waals surface area contributed by atoms with Crippen LogP contribution < -0.4 is 4.90 Å². The fourth-order valence-electron chi connectivity index (χ4n) is 3.88. The van der Waals surface area contributed by atoms with Crippen molar-refractivity contribution in [2.75, 3.05) is 43.9 Å². The minimum absolute atomic E-state index is 0.00722. The molecule has 3 aliphatic rings. The number of benzene rings is 1. The van der Waals surface area contributed by atoms with E-state index < -0.39 is 0 Å². The summed E-state index contributed by atoms with van der Waals surface area (Å²) in [5.41, 5.74) is 0.855. The number of nitrogens with zero attached hydrogens (tertiary/aromatic N) is 3. The Labute approximate surface area is 163 Å². The smallest absolute Gasteiger partial charge is 0.228 e. The summed E-state index contributed by atoms with van der Waals surface area (Å²) in [5, 5.41) is 0. The zero-order valence-electron chi connectivity index (χ0n) is 15.6. The lowest BCUT2D eigenvalue weighted by Crippen LogP contribution is -2.52. The van der Waals surface area contributed by atoms with Crippen molar-refractivity contribution in [3.8, 4) is 0 Å². The van der Waals surface area contributed by atoms with Gasteiger partial charge in [0.1, 0.15) is 0 Å². The van der Waals surface area contributed by atoms with Crippen LogP contribution in [0.1, 0.15) is 19.3 Å². The fraction of sp³-hybridized carbons (Fsp3) is 0.550. The number of hydrogen-bond acceptors (Lipinski definition) is 4. The minimum Gasteiger partial charge on any atom is -0.339 e. The molecule has 0 spiro atoms. The largest absolute Gasteiger partial charge is 0.339 e. The van der Waals surface area contributed by atoms with Gasteiger partial charge in [0.2, 0.25) is 17.7 Å². The average Bonchev–Trinajstić information content (AvgIpc) is 3.49. The zero-order chi connectivity index (χ0) is 19.0. The van der Waals surface area contributed by atoms with Gasteiger partial charge in [0.25, 0.3) is 0 Å². The van der Waals surface area contributed by atoms with Crippen LogP contribution in [0.5, 0.6) is 0 Å². The second-order valence-electron chi connectivity index (χ2n) is 7.53. The third kappa shape index (κ3) is 3.83. The molecule has 2 aliphatic heterocycles. The van der Waals surface area contributed by atoms with Crippen molar-refractivity contribution >= 4 is 35.2 Å². The van der Waals surface area contributed by atoms with E-state index in [0.29, 0.717) is 32.7 Å². The molecule has 6 nitrogen and oxygen atoms in total. The summed E-state index contributed by atoms with van der Waals surface area (Å²) in [5.74, 6) is 0.241. The lowest BCUT2D eigenvalue weighted by atomic mass is 10.1. The van der Waals surface area contributed by atoms with Crippen LogP contribution in [0.2, 0.25) is 0 Å². The molecule has 2 heterocycles. The Morgan fingerprint density at radius 1 is 0.926 bits per heavy atom. The maximum absolute atomic E-state index is 12.9. The van der Waals surface area contributed by atoms with Crippen LogP contribution in [0.25, 0.3) is 0 Å². The summed E-state index contributed by atoms with van der Waals surface area (Å²) in [7, 11) is 0. The molecule has 0 unspecified atom stereocenters. The van der Waals surface area contributed by atoms with Crippen molar-refractivity contribution in [2.24, 2.45) is 11.8 Å². The SMILES string of the molecule is CSc1ccc(N2C[C@H](C(=O)N3CCN(C(=O)C4CC4)CC3)CC2=O)cc1. The van der Waals surface area contributed by atoms with Gasteiger partial charge < -0.3 is 14.7 Å². The zero-order valence-corrected chi connectivity index (χ0v) is 16.4. The molecule has 0 bridgehead atoms. The Morgan fingerprint density at radius 3 is 2.00 bits per heavy atom. The van der Waals surface area contributed by atoms with E-state index in [-0.39, 0.29) is 36.0 Å². The van der Waals surface area contributed by atoms with E-state index in [0.717, 1.165) is 23.4 Å². The molecular formula is C20H25N3O3S. The van der Waals surface area contributed by atoms with Crippen LogP contribution in [0.4, 0.5) is 5.69 Å². The van der Waals surface area contributed by atoms with Crippen molar-refractivity contribution in [3.63, 3.8) is 0 Å². The van der Waals surface area contributed by atoms with Gasteiger partial charge in [0.05, 0.1) is 5.92 Å². The number of carbonyl (C=O) groups is 3. The van der Waals surface area contributed by atoms with Crippen molar-refractivity contribution in [2.45, 2.75) is 24.2 Å². The van der Waals surface area contributed by atoms with E-state index in [1.807, 2.05) is 40.3 Å². The van der Waals surface area contributed by atoms with Gasteiger partial charge in [-0.05, 0) is 43.4 Å². The minimum atomic E-state index is -0.289. The molecule has 4 rings (SSSR count). The van der Waals surface area contributed by atoms with E-state index in [1.54, 1.807) is 16.7 Å². The van der Waals surface area contributed by atoms with Crippen LogP contribution in [-0.2, 0) is 14.4 Å². The molecule has 27 heavy (non-hydrogen) atoms. The Balaban J connectivity index is 1.34. The fourth-order valence-corrected chi connectivity index (χ4v) is 4.29. The average molecular weight is 388 g/mol. The molecule has 1 aromatic rings. The first kappa shape index (κ1) is 18.3. The maximum Gasteiger partial charge on any atom is 0.228 e. The van der Waals surface area contributed by atoms with Crippen LogP contribution in [0.15, 0.2) is 29.2 Å². The molecule has 1 aliphatic carbocycles. The number of anilines is 1. The van der Waals surface area contributed by atoms with Crippen molar-refractivity contribution in [1.29, 1.82) is 0 Å². The van der Waals surface area contributed by atoms with Crippen molar-refractivity contribution in [1.82, 2.24) is 9.80 Å². The summed E-state index contributed by atoms with van der Waals surface area (Å²) in [6.07, 6.45) is 4.30. The van der Waals surface area contributed by atoms with E-state index in [4.69, 9.17) is 0 Å². The third-order valence-corrected chi connectivity index (χ3v) is 6.43. The monoisotopic (exact) mass is 387 g/mol. The highest BCUT2D eigenvalue weighted by atomic mass is 32.2. The van der Waals surface area contributed by atoms with Gasteiger partial charge in [-0.2, -0.15) is 0 Å². The summed E-state index contributed by atoms with van der Waals surface area (Å²) in [4.78, 5) is 44.1. The van der Waals surface area contributed by atoms with Gasteiger partial charge in [0, 0.05) is 55.6 Å². The molecule has 3 amide bonds. The summed E-state index contributed by atoms with van der Waals surface area (Å²) in [6, 6.07) is 7.88. The highest BCUT2D eigenvalue weighted by molar-refractivity contribution is 7.98. The normalized spacial score (nSPS) is 23.1. The molecule has 7 heteroatoms. The predicted octanol–water partition coefficient (Wildman–Crippen LogP) is 1.84. The molecule has 0 aromatic heterocycles. The van der Waals surface area contributed by atoms with E-state index in [1.165, 1.54) is 0 Å².